The van der Waals surface area contributed by atoms with Crippen molar-refractivity contribution in [3.8, 4) is 0 Å². The summed E-state index contributed by atoms with van der Waals surface area (Å²) in [4.78, 5) is 22.5. The molecule has 4 saturated carbocycles. The number of hydrogen-bond acceptors (Lipinski definition) is 6. The minimum absolute atomic E-state index is 0.000321. The van der Waals surface area contributed by atoms with Gasteiger partial charge in [-0.25, -0.2) is 9.97 Å². The molecule has 1 aromatic rings. The van der Waals surface area contributed by atoms with Gasteiger partial charge in [-0.1, -0.05) is 6.92 Å². The third-order valence-electron chi connectivity index (χ3n) is 7.36. The largest absolute Gasteiger partial charge is 0.359 e. The van der Waals surface area contributed by atoms with E-state index in [1.165, 1.54) is 32.0 Å². The molecule has 7 nitrogen and oxygen atoms in total. The average Bonchev–Trinajstić information content (AvgIpc) is 2.59. The van der Waals surface area contributed by atoms with E-state index >= 15 is 0 Å². The Labute approximate surface area is 160 Å². The highest BCUT2D eigenvalue weighted by Gasteiger charge is 2.51. The maximum atomic E-state index is 12.0. The predicted octanol–water partition coefficient (Wildman–Crippen LogP) is 4.00. The van der Waals surface area contributed by atoms with Crippen molar-refractivity contribution in [1.82, 2.24) is 9.97 Å². The first kappa shape index (κ1) is 17.2. The molecule has 5 fully saturated rings. The summed E-state index contributed by atoms with van der Waals surface area (Å²) >= 11 is 0. The van der Waals surface area contributed by atoms with Crippen molar-refractivity contribution < 1.29 is 4.92 Å². The van der Waals surface area contributed by atoms with Crippen molar-refractivity contribution >= 4 is 17.3 Å². The van der Waals surface area contributed by atoms with Gasteiger partial charge in [-0.2, -0.15) is 0 Å². The SMILES string of the molecule is CC1CCCN(c2ncnc(NC34CC5CC(CC(C5)C3)C4)c2[N+](=O)[O-])C1. The summed E-state index contributed by atoms with van der Waals surface area (Å²) in [6.07, 6.45) is 11.2. The smallest absolute Gasteiger partial charge is 0.353 e. The van der Waals surface area contributed by atoms with E-state index in [0.717, 1.165) is 56.5 Å². The van der Waals surface area contributed by atoms with Gasteiger partial charge in [0, 0.05) is 18.6 Å². The Morgan fingerprint density at radius 3 is 2.44 bits per heavy atom. The summed E-state index contributed by atoms with van der Waals surface area (Å²) in [6, 6.07) is 0. The van der Waals surface area contributed by atoms with E-state index in [2.05, 4.69) is 27.1 Å². The fourth-order valence-corrected chi connectivity index (χ4v) is 6.76. The van der Waals surface area contributed by atoms with Gasteiger partial charge in [0.2, 0.25) is 11.6 Å². The molecule has 1 atom stereocenters. The van der Waals surface area contributed by atoms with Gasteiger partial charge >= 0.3 is 5.69 Å². The Kier molecular flexibility index (Phi) is 4.02. The highest BCUT2D eigenvalue weighted by atomic mass is 16.6. The molecule has 0 amide bonds. The maximum absolute atomic E-state index is 12.0. The summed E-state index contributed by atoms with van der Waals surface area (Å²) < 4.78 is 0. The molecule has 2 heterocycles. The highest BCUT2D eigenvalue weighted by molar-refractivity contribution is 5.71. The molecule has 1 aromatic heterocycles. The van der Waals surface area contributed by atoms with E-state index < -0.39 is 0 Å². The fourth-order valence-electron chi connectivity index (χ4n) is 6.76. The van der Waals surface area contributed by atoms with Crippen LogP contribution in [-0.2, 0) is 0 Å². The molecule has 27 heavy (non-hydrogen) atoms. The van der Waals surface area contributed by atoms with Crippen LogP contribution in [0.4, 0.5) is 17.3 Å². The van der Waals surface area contributed by atoms with Crippen molar-refractivity contribution in [1.29, 1.82) is 0 Å². The second kappa shape index (κ2) is 6.31. The molecular formula is C20H29N5O2. The maximum Gasteiger partial charge on any atom is 0.353 e. The monoisotopic (exact) mass is 371 g/mol. The van der Waals surface area contributed by atoms with Gasteiger partial charge in [-0.15, -0.1) is 0 Å². The predicted molar refractivity (Wildman–Crippen MR) is 104 cm³/mol. The van der Waals surface area contributed by atoms with Crippen molar-refractivity contribution in [3.63, 3.8) is 0 Å². The summed E-state index contributed by atoms with van der Waals surface area (Å²) in [5.74, 6) is 3.82. The summed E-state index contributed by atoms with van der Waals surface area (Å²) in [5.41, 5.74) is 0.0719. The van der Waals surface area contributed by atoms with Crippen molar-refractivity contribution in [2.45, 2.75) is 63.8 Å². The van der Waals surface area contributed by atoms with Gasteiger partial charge in [0.25, 0.3) is 0 Å². The molecule has 4 aliphatic carbocycles. The third kappa shape index (κ3) is 3.05. The molecule has 6 rings (SSSR count). The lowest BCUT2D eigenvalue weighted by atomic mass is 9.53. The van der Waals surface area contributed by atoms with E-state index in [9.17, 15) is 10.1 Å². The van der Waals surface area contributed by atoms with Crippen LogP contribution in [0.2, 0.25) is 0 Å². The second-order valence-electron chi connectivity index (χ2n) is 9.67. The molecule has 4 bridgehead atoms. The lowest BCUT2D eigenvalue weighted by molar-refractivity contribution is -0.383. The highest BCUT2D eigenvalue weighted by Crippen LogP contribution is 2.57. The third-order valence-corrected chi connectivity index (χ3v) is 7.36. The second-order valence-corrected chi connectivity index (χ2v) is 9.67. The molecular weight excluding hydrogens is 342 g/mol. The zero-order chi connectivity index (χ0) is 18.6. The van der Waals surface area contributed by atoms with Gasteiger partial charge in [0.05, 0.1) is 4.92 Å². The van der Waals surface area contributed by atoms with E-state index in [4.69, 9.17) is 0 Å². The Morgan fingerprint density at radius 2 is 1.85 bits per heavy atom. The van der Waals surface area contributed by atoms with Crippen LogP contribution in [0.5, 0.6) is 0 Å². The first-order valence-corrected chi connectivity index (χ1v) is 10.5. The molecule has 146 valence electrons. The standard InChI is InChI=1S/C20H29N5O2/c1-13-3-2-4-24(11-13)19-17(25(26)27)18(21-12-22-19)23-20-8-14-5-15(9-20)7-16(6-14)10-20/h12-16H,2-11H2,1H3,(H,21,22,23). The molecule has 0 aromatic carbocycles. The molecule has 0 radical (unpaired) electrons. The lowest BCUT2D eigenvalue weighted by Crippen LogP contribution is -2.55. The van der Waals surface area contributed by atoms with Crippen LogP contribution in [0.25, 0.3) is 0 Å². The van der Waals surface area contributed by atoms with E-state index in [0.29, 0.717) is 17.6 Å². The van der Waals surface area contributed by atoms with Crippen LogP contribution in [0.3, 0.4) is 0 Å². The van der Waals surface area contributed by atoms with Crippen LogP contribution in [0, 0.1) is 33.8 Å². The first-order chi connectivity index (χ1) is 13.0. The summed E-state index contributed by atoms with van der Waals surface area (Å²) in [7, 11) is 0. The Morgan fingerprint density at radius 1 is 1.19 bits per heavy atom. The van der Waals surface area contributed by atoms with E-state index in [1.54, 1.807) is 0 Å². The molecule has 1 unspecified atom stereocenters. The number of nitrogens with one attached hydrogen (secondary N) is 1. The van der Waals surface area contributed by atoms with Crippen LogP contribution in [0.15, 0.2) is 6.33 Å². The minimum atomic E-state index is -0.280. The number of piperidine rings is 1. The molecule has 7 heteroatoms. The lowest BCUT2D eigenvalue weighted by Gasteiger charge is -2.57. The quantitative estimate of drug-likeness (QED) is 0.636. The molecule has 1 N–H and O–H groups in total. The minimum Gasteiger partial charge on any atom is -0.359 e. The van der Waals surface area contributed by atoms with E-state index in [-0.39, 0.29) is 16.1 Å². The van der Waals surface area contributed by atoms with Gasteiger partial charge in [0.15, 0.2) is 0 Å². The van der Waals surface area contributed by atoms with Crippen LogP contribution >= 0.6 is 0 Å². The average molecular weight is 371 g/mol. The fraction of sp³-hybridized carbons (Fsp3) is 0.800. The molecule has 1 aliphatic heterocycles. The number of nitro groups is 1. The molecule has 1 saturated heterocycles. The number of rotatable bonds is 4. The number of nitrogens with zero attached hydrogens (tertiary/aromatic N) is 4. The summed E-state index contributed by atoms with van der Waals surface area (Å²) in [6.45, 7) is 3.86. The van der Waals surface area contributed by atoms with E-state index in [1.807, 2.05) is 0 Å². The topological polar surface area (TPSA) is 84.2 Å². The Bertz CT molecular complexity index is 717. The number of anilines is 2. The molecule has 5 aliphatic rings. The van der Waals surface area contributed by atoms with Crippen LogP contribution < -0.4 is 10.2 Å². The Balaban J connectivity index is 1.47. The van der Waals surface area contributed by atoms with Crippen LogP contribution in [0.1, 0.15) is 58.3 Å². The van der Waals surface area contributed by atoms with Gasteiger partial charge in [-0.3, -0.25) is 10.1 Å². The van der Waals surface area contributed by atoms with Crippen LogP contribution in [-0.4, -0.2) is 33.5 Å². The van der Waals surface area contributed by atoms with Gasteiger partial charge in [0.1, 0.15) is 6.33 Å². The van der Waals surface area contributed by atoms with Crippen molar-refractivity contribution in [2.75, 3.05) is 23.3 Å². The zero-order valence-electron chi connectivity index (χ0n) is 16.1. The van der Waals surface area contributed by atoms with Crippen molar-refractivity contribution in [3.05, 3.63) is 16.4 Å². The summed E-state index contributed by atoms with van der Waals surface area (Å²) in [5, 5.41) is 15.6. The Hall–Kier alpha value is -1.92. The normalized spacial score (nSPS) is 37.4. The first-order valence-electron chi connectivity index (χ1n) is 10.5. The number of aromatic nitrogens is 2. The van der Waals surface area contributed by atoms with Gasteiger partial charge in [-0.05, 0) is 75.0 Å². The van der Waals surface area contributed by atoms with Crippen molar-refractivity contribution in [2.24, 2.45) is 23.7 Å². The van der Waals surface area contributed by atoms with Gasteiger partial charge < -0.3 is 10.2 Å². The zero-order valence-corrected chi connectivity index (χ0v) is 16.1. The molecule has 0 spiro atoms. The number of hydrogen-bond donors (Lipinski definition) is 1.